The minimum Gasteiger partial charge on any atom is -0.497 e. The molecule has 6 nitrogen and oxygen atoms in total. The van der Waals surface area contributed by atoms with Crippen LogP contribution in [-0.2, 0) is 6.54 Å². The van der Waals surface area contributed by atoms with Crippen molar-refractivity contribution in [2.75, 3.05) is 33.8 Å². The second-order valence-corrected chi connectivity index (χ2v) is 6.30. The number of benzene rings is 1. The molecule has 1 aromatic carbocycles. The summed E-state index contributed by atoms with van der Waals surface area (Å²) < 4.78 is 7.47. The van der Waals surface area contributed by atoms with Crippen LogP contribution >= 0.6 is 0 Å². The smallest absolute Gasteiger partial charge is 0.194 e. The number of aryl methyl sites for hydroxylation is 1. The zero-order chi connectivity index (χ0) is 18.4. The lowest BCUT2D eigenvalue weighted by Crippen LogP contribution is -2.44. The fraction of sp³-hybridized carbons (Fsp3) is 0.400. The number of imidazole rings is 1. The van der Waals surface area contributed by atoms with Crippen LogP contribution in [-0.4, -0.2) is 54.2 Å². The van der Waals surface area contributed by atoms with Gasteiger partial charge in [-0.1, -0.05) is 18.2 Å². The Morgan fingerprint density at radius 2 is 2.27 bits per heavy atom. The van der Waals surface area contributed by atoms with Gasteiger partial charge in [-0.3, -0.25) is 4.99 Å². The van der Waals surface area contributed by atoms with Crippen LogP contribution in [0.2, 0.25) is 0 Å². The number of aliphatic imine (C=N–C) groups is 1. The second-order valence-electron chi connectivity index (χ2n) is 6.30. The fourth-order valence-electron chi connectivity index (χ4n) is 3.21. The summed E-state index contributed by atoms with van der Waals surface area (Å²) in [7, 11) is 3.54. The van der Waals surface area contributed by atoms with Crippen molar-refractivity contribution in [2.24, 2.45) is 4.99 Å². The van der Waals surface area contributed by atoms with Crippen LogP contribution in [0.4, 0.5) is 0 Å². The van der Waals surface area contributed by atoms with E-state index in [1.54, 1.807) is 7.11 Å². The first-order chi connectivity index (χ1) is 12.7. The number of nitrogens with one attached hydrogen (secondary N) is 1. The molecular formula is C20H27N5O. The SMILES string of the molecule is CN=C(NCCn1ccnc1C)N1CC=C(c2cccc(OC)c2)CC1. The third-order valence-corrected chi connectivity index (χ3v) is 4.72. The molecule has 6 heteroatoms. The van der Waals surface area contributed by atoms with E-state index in [9.17, 15) is 0 Å². The van der Waals surface area contributed by atoms with Gasteiger partial charge in [0, 0.05) is 45.6 Å². The standard InChI is InChI=1S/C20H27N5O/c1-16-22-9-13-24(16)14-10-23-20(21-2)25-11-7-17(8-12-25)18-5-4-6-19(15-18)26-3/h4-7,9,13,15H,8,10-12,14H2,1-3H3,(H,21,23). The zero-order valence-corrected chi connectivity index (χ0v) is 15.8. The van der Waals surface area contributed by atoms with Gasteiger partial charge in [0.15, 0.2) is 5.96 Å². The van der Waals surface area contributed by atoms with Crippen molar-refractivity contribution in [3.8, 4) is 5.75 Å². The van der Waals surface area contributed by atoms with Gasteiger partial charge in [-0.2, -0.15) is 0 Å². The van der Waals surface area contributed by atoms with E-state index in [0.717, 1.165) is 50.1 Å². The summed E-state index contributed by atoms with van der Waals surface area (Å²) in [6, 6.07) is 8.26. The van der Waals surface area contributed by atoms with E-state index in [1.807, 2.05) is 38.5 Å². The molecule has 0 aliphatic carbocycles. The Labute approximate surface area is 155 Å². The lowest BCUT2D eigenvalue weighted by atomic mass is 9.99. The summed E-state index contributed by atoms with van der Waals surface area (Å²) in [6.07, 6.45) is 7.11. The highest BCUT2D eigenvalue weighted by atomic mass is 16.5. The Balaban J connectivity index is 1.56. The van der Waals surface area contributed by atoms with Crippen molar-refractivity contribution in [2.45, 2.75) is 19.9 Å². The van der Waals surface area contributed by atoms with Gasteiger partial charge < -0.3 is 19.5 Å². The fourth-order valence-corrected chi connectivity index (χ4v) is 3.21. The van der Waals surface area contributed by atoms with Gasteiger partial charge in [-0.15, -0.1) is 0 Å². The zero-order valence-electron chi connectivity index (χ0n) is 15.8. The molecule has 0 fully saturated rings. The minimum absolute atomic E-state index is 0.826. The Bertz CT molecular complexity index is 793. The summed E-state index contributed by atoms with van der Waals surface area (Å²) in [4.78, 5) is 11.0. The average Bonchev–Trinajstić information content (AvgIpc) is 3.10. The molecule has 1 aliphatic rings. The van der Waals surface area contributed by atoms with Crippen LogP contribution in [0.3, 0.4) is 0 Å². The maximum atomic E-state index is 5.33. The van der Waals surface area contributed by atoms with Crippen molar-refractivity contribution in [1.82, 2.24) is 19.8 Å². The van der Waals surface area contributed by atoms with Crippen molar-refractivity contribution in [1.29, 1.82) is 0 Å². The number of methoxy groups -OCH3 is 1. The highest BCUT2D eigenvalue weighted by Crippen LogP contribution is 2.25. The molecular weight excluding hydrogens is 326 g/mol. The van der Waals surface area contributed by atoms with Crippen LogP contribution in [0.15, 0.2) is 47.7 Å². The third kappa shape index (κ3) is 4.25. The Kier molecular flexibility index (Phi) is 5.94. The molecule has 0 bridgehead atoms. The van der Waals surface area contributed by atoms with Gasteiger partial charge in [-0.25, -0.2) is 4.98 Å². The molecule has 3 rings (SSSR count). The van der Waals surface area contributed by atoms with Gasteiger partial charge in [0.1, 0.15) is 11.6 Å². The van der Waals surface area contributed by atoms with Crippen LogP contribution < -0.4 is 10.1 Å². The van der Waals surface area contributed by atoms with Crippen LogP contribution in [0.25, 0.3) is 5.57 Å². The van der Waals surface area contributed by atoms with Crippen LogP contribution in [0.1, 0.15) is 17.8 Å². The molecule has 0 amide bonds. The quantitative estimate of drug-likeness (QED) is 0.663. The van der Waals surface area contributed by atoms with Crippen molar-refractivity contribution < 1.29 is 4.74 Å². The molecule has 26 heavy (non-hydrogen) atoms. The van der Waals surface area contributed by atoms with E-state index in [4.69, 9.17) is 4.74 Å². The number of ether oxygens (including phenoxy) is 1. The summed E-state index contributed by atoms with van der Waals surface area (Å²) in [6.45, 7) is 5.53. The summed E-state index contributed by atoms with van der Waals surface area (Å²) in [5.74, 6) is 2.88. The van der Waals surface area contributed by atoms with Crippen molar-refractivity contribution in [3.05, 3.63) is 54.1 Å². The maximum Gasteiger partial charge on any atom is 0.194 e. The molecule has 2 heterocycles. The normalized spacial score (nSPS) is 15.0. The third-order valence-electron chi connectivity index (χ3n) is 4.72. The number of aromatic nitrogens is 2. The first-order valence-electron chi connectivity index (χ1n) is 8.98. The van der Waals surface area contributed by atoms with E-state index < -0.39 is 0 Å². The van der Waals surface area contributed by atoms with Gasteiger partial charge >= 0.3 is 0 Å². The number of rotatable bonds is 5. The van der Waals surface area contributed by atoms with E-state index >= 15 is 0 Å². The topological polar surface area (TPSA) is 54.7 Å². The Morgan fingerprint density at radius 1 is 1.38 bits per heavy atom. The van der Waals surface area contributed by atoms with E-state index in [0.29, 0.717) is 0 Å². The molecule has 1 aromatic heterocycles. The largest absolute Gasteiger partial charge is 0.497 e. The highest BCUT2D eigenvalue weighted by molar-refractivity contribution is 5.81. The molecule has 0 saturated carbocycles. The summed E-state index contributed by atoms with van der Waals surface area (Å²) in [5.41, 5.74) is 2.60. The molecule has 0 radical (unpaired) electrons. The highest BCUT2D eigenvalue weighted by Gasteiger charge is 2.16. The van der Waals surface area contributed by atoms with Gasteiger partial charge in [0.2, 0.25) is 0 Å². The molecule has 0 spiro atoms. The molecule has 2 aromatic rings. The van der Waals surface area contributed by atoms with E-state index in [-0.39, 0.29) is 0 Å². The Hall–Kier alpha value is -2.76. The lowest BCUT2D eigenvalue weighted by Gasteiger charge is -2.30. The van der Waals surface area contributed by atoms with Crippen molar-refractivity contribution >= 4 is 11.5 Å². The number of guanidine groups is 1. The molecule has 0 saturated heterocycles. The molecule has 0 unspecified atom stereocenters. The molecule has 0 atom stereocenters. The average molecular weight is 353 g/mol. The Morgan fingerprint density at radius 3 is 2.92 bits per heavy atom. The van der Waals surface area contributed by atoms with Crippen LogP contribution in [0, 0.1) is 6.92 Å². The summed E-state index contributed by atoms with van der Waals surface area (Å²) in [5, 5.41) is 3.46. The molecule has 138 valence electrons. The van der Waals surface area contributed by atoms with Crippen molar-refractivity contribution in [3.63, 3.8) is 0 Å². The summed E-state index contributed by atoms with van der Waals surface area (Å²) >= 11 is 0. The van der Waals surface area contributed by atoms with Gasteiger partial charge in [-0.05, 0) is 36.6 Å². The van der Waals surface area contributed by atoms with Gasteiger partial charge in [0.05, 0.1) is 7.11 Å². The van der Waals surface area contributed by atoms with E-state index in [2.05, 4.69) is 43.0 Å². The monoisotopic (exact) mass is 353 g/mol. The number of hydrogen-bond donors (Lipinski definition) is 1. The van der Waals surface area contributed by atoms with Crippen LogP contribution in [0.5, 0.6) is 5.75 Å². The van der Waals surface area contributed by atoms with Gasteiger partial charge in [0.25, 0.3) is 0 Å². The predicted molar refractivity (Wildman–Crippen MR) is 105 cm³/mol. The second kappa shape index (κ2) is 8.56. The first-order valence-corrected chi connectivity index (χ1v) is 8.98. The molecule has 1 aliphatic heterocycles. The minimum atomic E-state index is 0.826. The lowest BCUT2D eigenvalue weighted by molar-refractivity contribution is 0.414. The predicted octanol–water partition coefficient (Wildman–Crippen LogP) is 2.56. The first kappa shape index (κ1) is 18.0. The molecule has 1 N–H and O–H groups in total. The van der Waals surface area contributed by atoms with E-state index in [1.165, 1.54) is 11.1 Å². The number of hydrogen-bond acceptors (Lipinski definition) is 3. The maximum absolute atomic E-state index is 5.33. The number of nitrogens with zero attached hydrogens (tertiary/aromatic N) is 4.